The van der Waals surface area contributed by atoms with Gasteiger partial charge in [0.05, 0.1) is 12.8 Å². The number of allylic oxidation sites excluding steroid dienone is 1. The van der Waals surface area contributed by atoms with Crippen LogP contribution in [0, 0.1) is 6.92 Å². The summed E-state index contributed by atoms with van der Waals surface area (Å²) in [4.78, 5) is 11.9. The van der Waals surface area contributed by atoms with Crippen molar-refractivity contribution < 1.29 is 9.53 Å². The average molecular weight is 259 g/mol. The van der Waals surface area contributed by atoms with E-state index in [1.165, 1.54) is 0 Å². The van der Waals surface area contributed by atoms with Crippen molar-refractivity contribution in [2.75, 3.05) is 12.4 Å². The van der Waals surface area contributed by atoms with Crippen LogP contribution in [0.3, 0.4) is 0 Å². The molecule has 1 fully saturated rings. The highest BCUT2D eigenvalue weighted by molar-refractivity contribution is 5.95. The van der Waals surface area contributed by atoms with Gasteiger partial charge in [-0.15, -0.1) is 0 Å². The quantitative estimate of drug-likeness (QED) is 0.662. The normalized spacial score (nSPS) is 18.2. The second kappa shape index (κ2) is 6.41. The Bertz CT molecular complexity index is 492. The van der Waals surface area contributed by atoms with Crippen molar-refractivity contribution >= 4 is 11.5 Å². The highest BCUT2D eigenvalue weighted by Gasteiger charge is 2.13. The van der Waals surface area contributed by atoms with Gasteiger partial charge in [0.25, 0.3) is 0 Å². The summed E-state index contributed by atoms with van der Waals surface area (Å²) in [5, 5.41) is 3.23. The first-order valence-electron chi connectivity index (χ1n) is 6.84. The Balaban J connectivity index is 2.16. The lowest BCUT2D eigenvalue weighted by Gasteiger charge is -2.10. The van der Waals surface area contributed by atoms with Crippen molar-refractivity contribution in [1.29, 1.82) is 0 Å². The fourth-order valence-corrected chi connectivity index (χ4v) is 2.33. The third-order valence-electron chi connectivity index (χ3n) is 3.46. The zero-order chi connectivity index (χ0) is 13.7. The number of rotatable bonds is 3. The molecular formula is C16H21NO2. The molecule has 0 saturated heterocycles. The highest BCUT2D eigenvalue weighted by atomic mass is 16.5. The van der Waals surface area contributed by atoms with Crippen LogP contribution in [0.25, 0.3) is 0 Å². The van der Waals surface area contributed by atoms with Gasteiger partial charge in [-0.3, -0.25) is 4.79 Å². The number of hydrogen-bond donors (Lipinski definition) is 1. The van der Waals surface area contributed by atoms with Crippen LogP contribution in [0.5, 0.6) is 5.75 Å². The van der Waals surface area contributed by atoms with Crippen molar-refractivity contribution in [3.63, 3.8) is 0 Å². The SMILES string of the molecule is COc1ccc(C)cc1N/C=C1\CCCCCC1=O. The molecule has 19 heavy (non-hydrogen) atoms. The summed E-state index contributed by atoms with van der Waals surface area (Å²) in [5.41, 5.74) is 2.97. The molecule has 1 aliphatic carbocycles. The standard InChI is InChI=1S/C16H21NO2/c1-12-8-9-16(19-2)14(10-12)17-11-13-6-4-3-5-7-15(13)18/h8-11,17H,3-7H2,1-2H3/b13-11+. The number of ether oxygens (including phenoxy) is 1. The Morgan fingerprint density at radius 1 is 1.21 bits per heavy atom. The van der Waals surface area contributed by atoms with Crippen LogP contribution in [0.4, 0.5) is 5.69 Å². The molecule has 0 heterocycles. The van der Waals surface area contributed by atoms with Crippen LogP contribution in [0.15, 0.2) is 30.0 Å². The van der Waals surface area contributed by atoms with Crippen molar-refractivity contribution in [2.45, 2.75) is 39.0 Å². The van der Waals surface area contributed by atoms with Gasteiger partial charge in [-0.1, -0.05) is 12.5 Å². The second-order valence-electron chi connectivity index (χ2n) is 5.00. The van der Waals surface area contributed by atoms with E-state index >= 15 is 0 Å². The molecule has 1 aromatic rings. The van der Waals surface area contributed by atoms with Crippen LogP contribution in [0.1, 0.15) is 37.7 Å². The third-order valence-corrected chi connectivity index (χ3v) is 3.46. The third kappa shape index (κ3) is 3.60. The monoisotopic (exact) mass is 259 g/mol. The molecule has 0 radical (unpaired) electrons. The van der Waals surface area contributed by atoms with Crippen LogP contribution in [0.2, 0.25) is 0 Å². The van der Waals surface area contributed by atoms with E-state index in [1.807, 2.05) is 31.3 Å². The van der Waals surface area contributed by atoms with Gasteiger partial charge in [0.1, 0.15) is 5.75 Å². The van der Waals surface area contributed by atoms with Gasteiger partial charge in [0, 0.05) is 18.2 Å². The number of benzene rings is 1. The van der Waals surface area contributed by atoms with E-state index in [4.69, 9.17) is 4.74 Å². The minimum atomic E-state index is 0.275. The number of nitrogens with one attached hydrogen (secondary N) is 1. The molecule has 0 unspecified atom stereocenters. The van der Waals surface area contributed by atoms with Gasteiger partial charge in [0.15, 0.2) is 5.78 Å². The maximum atomic E-state index is 11.9. The van der Waals surface area contributed by atoms with E-state index in [0.29, 0.717) is 6.42 Å². The minimum absolute atomic E-state index is 0.275. The van der Waals surface area contributed by atoms with Crippen LogP contribution < -0.4 is 10.1 Å². The first kappa shape index (κ1) is 13.7. The summed E-state index contributed by atoms with van der Waals surface area (Å²) in [5.74, 6) is 1.07. The number of carbonyl (C=O) groups is 1. The zero-order valence-electron chi connectivity index (χ0n) is 11.7. The summed E-state index contributed by atoms with van der Waals surface area (Å²) in [6.07, 6.45) is 6.67. The molecule has 1 aliphatic rings. The number of hydrogen-bond acceptors (Lipinski definition) is 3. The molecule has 0 atom stereocenters. The van der Waals surface area contributed by atoms with E-state index in [9.17, 15) is 4.79 Å². The molecule has 102 valence electrons. The number of methoxy groups -OCH3 is 1. The largest absolute Gasteiger partial charge is 0.495 e. The van der Waals surface area contributed by atoms with Crippen molar-refractivity contribution in [2.24, 2.45) is 0 Å². The van der Waals surface area contributed by atoms with Crippen LogP contribution in [-0.2, 0) is 4.79 Å². The fraction of sp³-hybridized carbons (Fsp3) is 0.438. The average Bonchev–Trinajstić information content (AvgIpc) is 2.61. The molecule has 0 spiro atoms. The fourth-order valence-electron chi connectivity index (χ4n) is 2.33. The maximum Gasteiger partial charge on any atom is 0.160 e. The summed E-state index contributed by atoms with van der Waals surface area (Å²) in [6, 6.07) is 5.97. The lowest BCUT2D eigenvalue weighted by atomic mass is 10.1. The lowest BCUT2D eigenvalue weighted by Crippen LogP contribution is -2.03. The number of Topliss-reactive ketones (excluding diaryl/α,β-unsaturated/α-hetero) is 1. The first-order valence-corrected chi connectivity index (χ1v) is 6.84. The van der Waals surface area contributed by atoms with E-state index in [0.717, 1.165) is 48.3 Å². The number of aryl methyl sites for hydroxylation is 1. The lowest BCUT2D eigenvalue weighted by molar-refractivity contribution is -0.115. The van der Waals surface area contributed by atoms with E-state index in [-0.39, 0.29) is 5.78 Å². The second-order valence-corrected chi connectivity index (χ2v) is 5.00. The zero-order valence-corrected chi connectivity index (χ0v) is 11.7. The summed E-state index contributed by atoms with van der Waals surface area (Å²) in [7, 11) is 1.65. The highest BCUT2D eigenvalue weighted by Crippen LogP contribution is 2.26. The number of carbonyl (C=O) groups excluding carboxylic acids is 1. The van der Waals surface area contributed by atoms with Crippen molar-refractivity contribution in [1.82, 2.24) is 0 Å². The predicted molar refractivity (Wildman–Crippen MR) is 77.5 cm³/mol. The Hall–Kier alpha value is -1.77. The van der Waals surface area contributed by atoms with Gasteiger partial charge in [-0.25, -0.2) is 0 Å². The Labute approximate surface area is 114 Å². The first-order chi connectivity index (χ1) is 9.20. The Kier molecular flexibility index (Phi) is 4.61. The van der Waals surface area contributed by atoms with Crippen LogP contribution >= 0.6 is 0 Å². The minimum Gasteiger partial charge on any atom is -0.495 e. The molecular weight excluding hydrogens is 238 g/mol. The molecule has 0 aromatic heterocycles. The number of ketones is 1. The molecule has 1 saturated carbocycles. The molecule has 3 nitrogen and oxygen atoms in total. The Morgan fingerprint density at radius 3 is 2.79 bits per heavy atom. The smallest absolute Gasteiger partial charge is 0.160 e. The molecule has 3 heteroatoms. The summed E-state index contributed by atoms with van der Waals surface area (Å²) in [6.45, 7) is 2.04. The van der Waals surface area contributed by atoms with E-state index in [1.54, 1.807) is 7.11 Å². The van der Waals surface area contributed by atoms with Gasteiger partial charge < -0.3 is 10.1 Å². The molecule has 1 aromatic carbocycles. The molecule has 0 amide bonds. The summed E-state index contributed by atoms with van der Waals surface area (Å²) >= 11 is 0. The van der Waals surface area contributed by atoms with Gasteiger partial charge in [0.2, 0.25) is 0 Å². The molecule has 1 N–H and O–H groups in total. The maximum absolute atomic E-state index is 11.9. The van der Waals surface area contributed by atoms with Crippen molar-refractivity contribution in [3.05, 3.63) is 35.5 Å². The predicted octanol–water partition coefficient (Wildman–Crippen LogP) is 3.83. The molecule has 2 rings (SSSR count). The van der Waals surface area contributed by atoms with Gasteiger partial charge >= 0.3 is 0 Å². The van der Waals surface area contributed by atoms with E-state index in [2.05, 4.69) is 5.32 Å². The topological polar surface area (TPSA) is 38.3 Å². The van der Waals surface area contributed by atoms with Gasteiger partial charge in [-0.05, 0) is 43.9 Å². The molecule has 0 aliphatic heterocycles. The van der Waals surface area contributed by atoms with Crippen molar-refractivity contribution in [3.8, 4) is 5.75 Å². The summed E-state index contributed by atoms with van der Waals surface area (Å²) < 4.78 is 5.32. The van der Waals surface area contributed by atoms with E-state index < -0.39 is 0 Å². The van der Waals surface area contributed by atoms with Gasteiger partial charge in [-0.2, -0.15) is 0 Å². The Morgan fingerprint density at radius 2 is 2.00 bits per heavy atom. The van der Waals surface area contributed by atoms with Crippen LogP contribution in [-0.4, -0.2) is 12.9 Å². The molecule has 0 bridgehead atoms. The number of anilines is 1.